The smallest absolute Gasteiger partial charge is 0.225 e. The summed E-state index contributed by atoms with van der Waals surface area (Å²) >= 11 is 3.49. The Labute approximate surface area is 183 Å². The van der Waals surface area contributed by atoms with E-state index in [1.807, 2.05) is 30.3 Å². The molecule has 8 nitrogen and oxygen atoms in total. The van der Waals surface area contributed by atoms with E-state index in [1.54, 1.807) is 6.20 Å². The van der Waals surface area contributed by atoms with Crippen LogP contribution in [0, 0.1) is 0 Å². The molecule has 2 aromatic heterocycles. The molecule has 0 bridgehead atoms. The van der Waals surface area contributed by atoms with E-state index in [-0.39, 0.29) is 11.5 Å². The number of nitrogens with one attached hydrogen (secondary N) is 4. The van der Waals surface area contributed by atoms with Crippen molar-refractivity contribution >= 4 is 33.5 Å². The van der Waals surface area contributed by atoms with Crippen molar-refractivity contribution in [2.75, 3.05) is 17.2 Å². The summed E-state index contributed by atoms with van der Waals surface area (Å²) in [6.07, 6.45) is 3.74. The van der Waals surface area contributed by atoms with Crippen LogP contribution in [0.5, 0.6) is 0 Å². The lowest BCUT2D eigenvalue weighted by Crippen LogP contribution is -2.14. The molecule has 9 heteroatoms. The third-order valence-electron chi connectivity index (χ3n) is 4.63. The largest absolute Gasteiger partial charge is 0.411 e. The first-order valence-corrected chi connectivity index (χ1v) is 10.4. The molecule has 4 N–H and O–H groups in total. The van der Waals surface area contributed by atoms with Crippen LogP contribution in [0.2, 0.25) is 0 Å². The van der Waals surface area contributed by atoms with E-state index in [0.717, 1.165) is 21.5 Å². The van der Waals surface area contributed by atoms with Crippen molar-refractivity contribution in [2.24, 2.45) is 0 Å². The Morgan fingerprint density at radius 3 is 2.73 bits per heavy atom. The number of H-pyrrole nitrogens is 1. The second-order valence-electron chi connectivity index (χ2n) is 8.03. The second-order valence-corrected chi connectivity index (χ2v) is 8.88. The van der Waals surface area contributed by atoms with Crippen LogP contribution in [0.4, 0.5) is 17.6 Å². The molecule has 0 fully saturated rings. The minimum Gasteiger partial charge on any atom is -0.411 e. The van der Waals surface area contributed by atoms with Crippen molar-refractivity contribution in [2.45, 2.75) is 32.2 Å². The standard InChI is InChI=1S/C21H24BrN7O/c1-21(2,3)17-10-18(28-27-17)25-19-15(22)12-24-20(26-19)23-11-14-9-16(29-30-14)13-7-5-4-6-8-13/h4-10,12,16,29H,11H2,1-3H3,(H3,23,24,25,26,27,28). The highest BCUT2D eigenvalue weighted by atomic mass is 79.9. The van der Waals surface area contributed by atoms with Crippen LogP contribution >= 0.6 is 15.9 Å². The zero-order valence-electron chi connectivity index (χ0n) is 17.0. The maximum Gasteiger partial charge on any atom is 0.225 e. The lowest BCUT2D eigenvalue weighted by Gasteiger charge is -2.14. The molecule has 30 heavy (non-hydrogen) atoms. The van der Waals surface area contributed by atoms with Crippen LogP contribution in [0.25, 0.3) is 0 Å². The number of hydrogen-bond donors (Lipinski definition) is 4. The van der Waals surface area contributed by atoms with Crippen LogP contribution in [-0.2, 0) is 10.3 Å². The fraction of sp³-hybridized carbons (Fsp3) is 0.286. The number of hydrogen-bond acceptors (Lipinski definition) is 7. The molecule has 4 rings (SSSR count). The highest BCUT2D eigenvalue weighted by Crippen LogP contribution is 2.27. The molecule has 1 aliphatic rings. The van der Waals surface area contributed by atoms with E-state index >= 15 is 0 Å². The molecular weight excluding hydrogens is 446 g/mol. The molecule has 0 amide bonds. The van der Waals surface area contributed by atoms with Crippen LogP contribution in [0.1, 0.15) is 38.1 Å². The monoisotopic (exact) mass is 469 g/mol. The second kappa shape index (κ2) is 8.45. The Kier molecular flexibility index (Phi) is 5.74. The summed E-state index contributed by atoms with van der Waals surface area (Å²) in [5.74, 6) is 2.59. The average Bonchev–Trinajstić information content (AvgIpc) is 3.39. The summed E-state index contributed by atoms with van der Waals surface area (Å²) in [4.78, 5) is 14.4. The van der Waals surface area contributed by atoms with Crippen LogP contribution < -0.4 is 16.1 Å². The normalized spacial score (nSPS) is 16.1. The van der Waals surface area contributed by atoms with Crippen LogP contribution in [0.15, 0.2) is 58.9 Å². The van der Waals surface area contributed by atoms with Crippen molar-refractivity contribution in [1.29, 1.82) is 0 Å². The van der Waals surface area contributed by atoms with Gasteiger partial charge in [-0.05, 0) is 27.6 Å². The molecule has 0 spiro atoms. The molecule has 3 heterocycles. The molecule has 0 saturated carbocycles. The summed E-state index contributed by atoms with van der Waals surface area (Å²) in [6, 6.07) is 12.1. The SMILES string of the molecule is CC(C)(C)c1cc(Nc2nc(NCC3=CC(c4ccccc4)NO3)ncc2Br)n[nH]1. The van der Waals surface area contributed by atoms with E-state index in [0.29, 0.717) is 24.1 Å². The van der Waals surface area contributed by atoms with E-state index in [4.69, 9.17) is 4.84 Å². The highest BCUT2D eigenvalue weighted by molar-refractivity contribution is 9.10. The fourth-order valence-electron chi connectivity index (χ4n) is 2.91. The van der Waals surface area contributed by atoms with Gasteiger partial charge in [-0.3, -0.25) is 5.10 Å². The predicted molar refractivity (Wildman–Crippen MR) is 120 cm³/mol. The molecule has 0 aliphatic carbocycles. The zero-order valence-corrected chi connectivity index (χ0v) is 18.6. The van der Waals surface area contributed by atoms with Gasteiger partial charge in [-0.25, -0.2) is 4.98 Å². The van der Waals surface area contributed by atoms with Gasteiger partial charge < -0.3 is 15.5 Å². The third-order valence-corrected chi connectivity index (χ3v) is 5.21. The molecule has 3 aromatic rings. The van der Waals surface area contributed by atoms with Gasteiger partial charge in [0, 0.05) is 23.4 Å². The van der Waals surface area contributed by atoms with Gasteiger partial charge in [-0.1, -0.05) is 51.1 Å². The Balaban J connectivity index is 1.41. The first kappa shape index (κ1) is 20.4. The molecule has 1 aliphatic heterocycles. The van der Waals surface area contributed by atoms with E-state index in [2.05, 4.69) is 85.1 Å². The third kappa shape index (κ3) is 4.80. The van der Waals surface area contributed by atoms with Gasteiger partial charge in [0.05, 0.1) is 17.1 Å². The Bertz CT molecular complexity index is 1040. The quantitative estimate of drug-likeness (QED) is 0.419. The van der Waals surface area contributed by atoms with Crippen molar-refractivity contribution in [3.05, 3.63) is 70.2 Å². The number of anilines is 3. The van der Waals surface area contributed by atoms with Gasteiger partial charge in [0.1, 0.15) is 5.76 Å². The summed E-state index contributed by atoms with van der Waals surface area (Å²) in [5, 5.41) is 13.8. The first-order valence-electron chi connectivity index (χ1n) is 9.66. The fourth-order valence-corrected chi connectivity index (χ4v) is 3.20. The van der Waals surface area contributed by atoms with Gasteiger partial charge in [0.2, 0.25) is 5.95 Å². The first-order chi connectivity index (χ1) is 14.4. The zero-order chi connectivity index (χ0) is 21.1. The van der Waals surface area contributed by atoms with Crippen molar-refractivity contribution in [1.82, 2.24) is 25.6 Å². The number of nitrogens with zero attached hydrogens (tertiary/aromatic N) is 3. The van der Waals surface area contributed by atoms with Gasteiger partial charge in [-0.15, -0.1) is 5.48 Å². The van der Waals surface area contributed by atoms with Crippen LogP contribution in [-0.4, -0.2) is 26.7 Å². The Hall–Kier alpha value is -2.91. The predicted octanol–water partition coefficient (Wildman–Crippen LogP) is 4.58. The molecule has 0 saturated heterocycles. The minimum atomic E-state index is -0.0107. The van der Waals surface area contributed by atoms with Gasteiger partial charge >= 0.3 is 0 Å². The van der Waals surface area contributed by atoms with E-state index in [9.17, 15) is 0 Å². The van der Waals surface area contributed by atoms with Gasteiger partial charge in [-0.2, -0.15) is 10.1 Å². The number of halogens is 1. The van der Waals surface area contributed by atoms with Crippen molar-refractivity contribution < 1.29 is 4.84 Å². The molecule has 0 radical (unpaired) electrons. The Morgan fingerprint density at radius 2 is 2.00 bits per heavy atom. The van der Waals surface area contributed by atoms with Crippen molar-refractivity contribution in [3.8, 4) is 0 Å². The summed E-state index contributed by atoms with van der Waals surface area (Å²) in [7, 11) is 0. The summed E-state index contributed by atoms with van der Waals surface area (Å²) < 4.78 is 0.746. The molecule has 1 unspecified atom stereocenters. The van der Waals surface area contributed by atoms with E-state index in [1.165, 1.54) is 0 Å². The maximum absolute atomic E-state index is 5.58. The van der Waals surface area contributed by atoms with Crippen LogP contribution in [0.3, 0.4) is 0 Å². The molecule has 1 aromatic carbocycles. The lowest BCUT2D eigenvalue weighted by atomic mass is 9.92. The molecule has 1 atom stereocenters. The number of hydroxylamine groups is 1. The molecule has 156 valence electrons. The summed E-state index contributed by atoms with van der Waals surface area (Å²) in [6.45, 7) is 6.85. The van der Waals surface area contributed by atoms with Gasteiger partial charge in [0.15, 0.2) is 11.6 Å². The molecular formula is C21H24BrN7O. The minimum absolute atomic E-state index is 0.0107. The number of aromatic nitrogens is 4. The van der Waals surface area contributed by atoms with Crippen molar-refractivity contribution in [3.63, 3.8) is 0 Å². The Morgan fingerprint density at radius 1 is 1.20 bits per heavy atom. The maximum atomic E-state index is 5.58. The summed E-state index contributed by atoms with van der Waals surface area (Å²) in [5.41, 5.74) is 5.20. The lowest BCUT2D eigenvalue weighted by molar-refractivity contribution is 0.116. The van der Waals surface area contributed by atoms with E-state index < -0.39 is 0 Å². The topological polar surface area (TPSA) is 99.8 Å². The van der Waals surface area contributed by atoms with Gasteiger partial charge in [0.25, 0.3) is 0 Å². The average molecular weight is 470 g/mol. The highest BCUT2D eigenvalue weighted by Gasteiger charge is 2.19. The number of aromatic amines is 1. The number of benzene rings is 1. The number of rotatable bonds is 6.